The summed E-state index contributed by atoms with van der Waals surface area (Å²) >= 11 is 0. The van der Waals surface area contributed by atoms with E-state index in [1.54, 1.807) is 0 Å². The highest BCUT2D eigenvalue weighted by Crippen LogP contribution is 2.55. The van der Waals surface area contributed by atoms with Crippen LogP contribution in [0.15, 0.2) is 47.9 Å². The second kappa shape index (κ2) is 7.60. The van der Waals surface area contributed by atoms with Gasteiger partial charge in [-0.25, -0.2) is 14.0 Å². The Kier molecular flexibility index (Phi) is 6.43. The third-order valence-corrected chi connectivity index (χ3v) is 6.45. The molecule has 0 radical (unpaired) electrons. The van der Waals surface area contributed by atoms with Crippen molar-refractivity contribution >= 4 is 7.51 Å². The molecule has 1 aromatic rings. The third kappa shape index (κ3) is 3.70. The van der Waals surface area contributed by atoms with Gasteiger partial charge in [0.05, 0.1) is 0 Å². The number of para-hydroxylation sites is 1. The summed E-state index contributed by atoms with van der Waals surface area (Å²) in [6.45, 7) is 4.55. The van der Waals surface area contributed by atoms with E-state index in [2.05, 4.69) is 25.5 Å². The van der Waals surface area contributed by atoms with E-state index in [1.807, 2.05) is 71.6 Å². The van der Waals surface area contributed by atoms with E-state index in [-0.39, 0.29) is 0 Å². The minimum atomic E-state index is -2.08. The van der Waals surface area contributed by atoms with E-state index >= 15 is 0 Å². The lowest BCUT2D eigenvalue weighted by molar-refractivity contribution is 0.321. The topological polar surface area (TPSA) is 31.3 Å². The number of hydrogen-bond donors (Lipinski definition) is 0. The van der Waals surface area contributed by atoms with Crippen molar-refractivity contribution in [2.75, 3.05) is 41.8 Å². The van der Waals surface area contributed by atoms with Gasteiger partial charge in [-0.1, -0.05) is 29.2 Å². The van der Waals surface area contributed by atoms with Crippen molar-refractivity contribution in [3.8, 4) is 5.75 Å². The van der Waals surface area contributed by atoms with Gasteiger partial charge in [-0.3, -0.25) is 0 Å². The van der Waals surface area contributed by atoms with Crippen molar-refractivity contribution in [1.29, 1.82) is 0 Å². The van der Waals surface area contributed by atoms with Crippen LogP contribution < -0.4 is 4.84 Å². The molecule has 0 fully saturated rings. The van der Waals surface area contributed by atoms with Gasteiger partial charge in [-0.15, -0.1) is 6.58 Å². The molecule has 0 N–H and O–H groups in total. The summed E-state index contributed by atoms with van der Waals surface area (Å²) in [5.41, 5.74) is 0. The monoisotopic (exact) mass is 296 g/mol. The van der Waals surface area contributed by atoms with Crippen LogP contribution in [-0.4, -0.2) is 55.8 Å². The number of rotatable bonds is 7. The molecule has 1 aromatic carbocycles. The van der Waals surface area contributed by atoms with Crippen molar-refractivity contribution in [3.63, 3.8) is 0 Å². The molecular formula is C14H25N4OP. The van der Waals surface area contributed by atoms with E-state index in [0.29, 0.717) is 0 Å². The fraction of sp³-hybridized carbons (Fsp3) is 0.429. The smallest absolute Gasteiger partial charge is 0.210 e. The lowest BCUT2D eigenvalue weighted by Gasteiger charge is -2.40. The molecule has 20 heavy (non-hydrogen) atoms. The highest BCUT2D eigenvalue weighted by Gasteiger charge is 2.31. The number of nitrogens with zero attached hydrogens (tertiary/aromatic N) is 4. The first-order valence-electron chi connectivity index (χ1n) is 6.47. The second-order valence-electron chi connectivity index (χ2n) is 4.85. The van der Waals surface area contributed by atoms with Gasteiger partial charge < -0.3 is 4.84 Å². The fourth-order valence-corrected chi connectivity index (χ4v) is 4.95. The van der Waals surface area contributed by atoms with Crippen molar-refractivity contribution in [2.24, 2.45) is 4.91 Å². The molecule has 0 aliphatic rings. The maximum Gasteiger partial charge on any atom is 0.210 e. The minimum absolute atomic E-state index is 0.742. The van der Waals surface area contributed by atoms with Gasteiger partial charge >= 0.3 is 0 Å². The Bertz CT molecular complexity index is 461. The van der Waals surface area contributed by atoms with Gasteiger partial charge in [0.2, 0.25) is 7.51 Å². The molecule has 0 unspecified atom stereocenters. The zero-order valence-corrected chi connectivity index (χ0v) is 13.9. The highest BCUT2D eigenvalue weighted by molar-refractivity contribution is 7.58. The first-order chi connectivity index (χ1) is 9.45. The van der Waals surface area contributed by atoms with Gasteiger partial charge in [0, 0.05) is 6.54 Å². The summed E-state index contributed by atoms with van der Waals surface area (Å²) in [5, 5.41) is 0. The molecule has 0 heterocycles. The summed E-state index contributed by atoms with van der Waals surface area (Å²) in [6.07, 6.45) is 1.87. The molecule has 0 spiro atoms. The van der Waals surface area contributed by atoms with Gasteiger partial charge in [0.25, 0.3) is 0 Å². The fourth-order valence-electron chi connectivity index (χ4n) is 2.06. The summed E-state index contributed by atoms with van der Waals surface area (Å²) in [7, 11) is 8.03. The molecule has 1 rings (SSSR count). The summed E-state index contributed by atoms with van der Waals surface area (Å²) in [4.78, 5) is 10.3. The first-order valence-corrected chi connectivity index (χ1v) is 8.07. The molecule has 0 bridgehead atoms. The molecule has 0 atom stereocenters. The van der Waals surface area contributed by atoms with Crippen LogP contribution in [0.1, 0.15) is 0 Å². The maximum absolute atomic E-state index is 5.68. The lowest BCUT2D eigenvalue weighted by Crippen LogP contribution is -2.33. The van der Waals surface area contributed by atoms with E-state index in [0.717, 1.165) is 12.3 Å². The Morgan fingerprint density at radius 3 is 2.10 bits per heavy atom. The lowest BCUT2D eigenvalue weighted by atomic mass is 10.3. The molecule has 0 aliphatic heterocycles. The van der Waals surface area contributed by atoms with Crippen LogP contribution in [-0.2, 0) is 0 Å². The van der Waals surface area contributed by atoms with Crippen LogP contribution in [0.25, 0.3) is 0 Å². The quantitative estimate of drug-likeness (QED) is 0.439. The van der Waals surface area contributed by atoms with Gasteiger partial charge in [0.15, 0.2) is 5.75 Å². The molecule has 0 amide bonds. The third-order valence-electron chi connectivity index (χ3n) is 2.92. The number of likely N-dealkylation sites (N-methyl/N-ethyl adjacent to an activating group) is 1. The molecule has 5 nitrogen and oxygen atoms in total. The van der Waals surface area contributed by atoms with Gasteiger partial charge in [-0.2, -0.15) is 0 Å². The number of hydrogen-bond acceptors (Lipinski definition) is 2. The standard InChI is InChI=1S/C14H25N4OP/c1-7-13-18(6)20(16(2)3,17(4)5)15-19-14-11-9-8-10-12-14/h7-12H,1,13H2,2-6H3. The Morgan fingerprint density at radius 2 is 1.65 bits per heavy atom. The van der Waals surface area contributed by atoms with Crippen molar-refractivity contribution in [2.45, 2.75) is 0 Å². The largest absolute Gasteiger partial charge is 0.355 e. The molecular weight excluding hydrogens is 271 g/mol. The normalized spacial score (nSPS) is 12.0. The molecule has 6 heteroatoms. The predicted molar refractivity (Wildman–Crippen MR) is 86.6 cm³/mol. The SMILES string of the molecule is C=CCN(C)P(=NOc1ccccc1)(N(C)C)N(C)C. The van der Waals surface area contributed by atoms with Crippen LogP contribution in [0.5, 0.6) is 5.75 Å². The number of benzene rings is 1. The van der Waals surface area contributed by atoms with Crippen LogP contribution in [0, 0.1) is 0 Å². The Labute approximate surface area is 122 Å². The zero-order valence-electron chi connectivity index (χ0n) is 13.0. The average Bonchev–Trinajstić information content (AvgIpc) is 2.40. The molecule has 112 valence electrons. The van der Waals surface area contributed by atoms with Gasteiger partial charge in [0.1, 0.15) is 0 Å². The summed E-state index contributed by atoms with van der Waals surface area (Å²) in [6, 6.07) is 9.62. The zero-order chi connectivity index (χ0) is 15.2. The second-order valence-corrected chi connectivity index (χ2v) is 8.37. The van der Waals surface area contributed by atoms with E-state index < -0.39 is 7.51 Å². The predicted octanol–water partition coefficient (Wildman–Crippen LogP) is 3.17. The van der Waals surface area contributed by atoms with Crippen LogP contribution in [0.3, 0.4) is 0 Å². The molecule has 0 aromatic heterocycles. The van der Waals surface area contributed by atoms with Gasteiger partial charge in [-0.05, 0) is 47.4 Å². The first kappa shape index (κ1) is 16.9. The van der Waals surface area contributed by atoms with Crippen LogP contribution in [0.4, 0.5) is 0 Å². The highest BCUT2D eigenvalue weighted by atomic mass is 31.2. The Morgan fingerprint density at radius 1 is 1.10 bits per heavy atom. The van der Waals surface area contributed by atoms with E-state index in [9.17, 15) is 0 Å². The van der Waals surface area contributed by atoms with E-state index in [1.165, 1.54) is 0 Å². The Hall–Kier alpha value is -1.13. The van der Waals surface area contributed by atoms with Crippen molar-refractivity contribution < 1.29 is 4.84 Å². The Balaban J connectivity index is 3.17. The van der Waals surface area contributed by atoms with Crippen molar-refractivity contribution in [1.82, 2.24) is 14.0 Å². The summed E-state index contributed by atoms with van der Waals surface area (Å²) in [5.74, 6) is 0.743. The molecule has 0 saturated heterocycles. The van der Waals surface area contributed by atoms with Crippen LogP contribution in [0.2, 0.25) is 0 Å². The maximum atomic E-state index is 5.68. The summed E-state index contributed by atoms with van der Waals surface area (Å²) < 4.78 is 6.39. The van der Waals surface area contributed by atoms with Crippen molar-refractivity contribution in [3.05, 3.63) is 43.0 Å². The molecule has 0 aliphatic carbocycles. The minimum Gasteiger partial charge on any atom is -0.355 e. The van der Waals surface area contributed by atoms with E-state index in [4.69, 9.17) is 4.84 Å². The average molecular weight is 296 g/mol. The van der Waals surface area contributed by atoms with Crippen LogP contribution >= 0.6 is 7.51 Å². The molecule has 0 saturated carbocycles.